The highest BCUT2D eigenvalue weighted by Gasteiger charge is 2.23. The molecule has 10 heteroatoms. The Morgan fingerprint density at radius 2 is 1.93 bits per heavy atom. The topological polar surface area (TPSA) is 105 Å². The van der Waals surface area contributed by atoms with Crippen LogP contribution in [-0.2, 0) is 14.8 Å². The Kier molecular flexibility index (Phi) is 6.52. The van der Waals surface area contributed by atoms with Gasteiger partial charge in [-0.3, -0.25) is 14.3 Å². The van der Waals surface area contributed by atoms with Gasteiger partial charge in [0.1, 0.15) is 5.75 Å². The van der Waals surface area contributed by atoms with Crippen LogP contribution in [-0.4, -0.2) is 40.1 Å². The zero-order chi connectivity index (χ0) is 21.9. The molecule has 0 unspecified atom stereocenters. The van der Waals surface area contributed by atoms with E-state index in [1.807, 2.05) is 0 Å². The van der Waals surface area contributed by atoms with Crippen LogP contribution in [0.3, 0.4) is 0 Å². The highest BCUT2D eigenvalue weighted by Crippen LogP contribution is 2.34. The van der Waals surface area contributed by atoms with Crippen molar-refractivity contribution in [2.24, 2.45) is 0 Å². The van der Waals surface area contributed by atoms with Crippen LogP contribution in [0.2, 0.25) is 5.02 Å². The van der Waals surface area contributed by atoms with Crippen LogP contribution in [0.25, 0.3) is 0 Å². The van der Waals surface area contributed by atoms with Crippen LogP contribution >= 0.6 is 11.6 Å². The van der Waals surface area contributed by atoms with Gasteiger partial charge in [0.05, 0.1) is 29.8 Å². The van der Waals surface area contributed by atoms with Gasteiger partial charge in [-0.15, -0.1) is 0 Å². The number of halogens is 1. The maximum atomic E-state index is 12.7. The summed E-state index contributed by atoms with van der Waals surface area (Å²) in [5.74, 6) is 0.0934. The largest absolute Gasteiger partial charge is 0.495 e. The molecule has 2 amide bonds. The first-order valence-electron chi connectivity index (χ1n) is 9.25. The molecule has 0 radical (unpaired) electrons. The van der Waals surface area contributed by atoms with Gasteiger partial charge in [-0.05, 0) is 49.2 Å². The minimum Gasteiger partial charge on any atom is -0.495 e. The van der Waals surface area contributed by atoms with Crippen LogP contribution in [0.4, 0.5) is 17.1 Å². The molecule has 1 fully saturated rings. The first kappa shape index (κ1) is 21.9. The SMILES string of the molecule is COc1ccc(NC(=O)c2ccc(Cl)c(NS(C)(=O)=O)c2)cc1N1CCCCC1=O. The molecule has 0 aliphatic carbocycles. The highest BCUT2D eigenvalue weighted by molar-refractivity contribution is 7.92. The molecule has 2 aromatic rings. The van der Waals surface area contributed by atoms with Crippen molar-refractivity contribution in [3.8, 4) is 5.75 Å². The van der Waals surface area contributed by atoms with Crippen molar-refractivity contribution >= 4 is 50.5 Å². The van der Waals surface area contributed by atoms with E-state index in [2.05, 4.69) is 10.0 Å². The molecule has 1 aliphatic heterocycles. The third-order valence-corrected chi connectivity index (χ3v) is 5.50. The Hall–Kier alpha value is -2.78. The minimum atomic E-state index is -3.55. The van der Waals surface area contributed by atoms with Gasteiger partial charge in [0.2, 0.25) is 15.9 Å². The van der Waals surface area contributed by atoms with Gasteiger partial charge in [0, 0.05) is 24.2 Å². The number of sulfonamides is 1. The molecule has 0 spiro atoms. The van der Waals surface area contributed by atoms with Crippen molar-refractivity contribution < 1.29 is 22.7 Å². The first-order valence-corrected chi connectivity index (χ1v) is 11.5. The van der Waals surface area contributed by atoms with Crippen LogP contribution in [0, 0.1) is 0 Å². The molecule has 1 aliphatic rings. The standard InChI is InChI=1S/C20H22ClN3O5S/c1-29-18-9-7-14(12-17(18)24-10-4-3-5-19(24)25)22-20(26)13-6-8-15(21)16(11-13)23-30(2,27)28/h6-9,11-12,23H,3-5,10H2,1-2H3,(H,22,26). The maximum Gasteiger partial charge on any atom is 0.255 e. The lowest BCUT2D eigenvalue weighted by Gasteiger charge is -2.28. The minimum absolute atomic E-state index is 0.0113. The molecule has 30 heavy (non-hydrogen) atoms. The monoisotopic (exact) mass is 451 g/mol. The van der Waals surface area contributed by atoms with E-state index in [1.54, 1.807) is 23.1 Å². The van der Waals surface area contributed by atoms with E-state index in [9.17, 15) is 18.0 Å². The molecular formula is C20H22ClN3O5S. The molecule has 0 saturated carbocycles. The predicted octanol–water partition coefficient (Wildman–Crippen LogP) is 3.49. The Morgan fingerprint density at radius 3 is 2.60 bits per heavy atom. The van der Waals surface area contributed by atoms with E-state index in [-0.39, 0.29) is 22.2 Å². The Bertz CT molecular complexity index is 1090. The molecule has 1 saturated heterocycles. The molecule has 160 valence electrons. The fourth-order valence-corrected chi connectivity index (χ4v) is 3.98. The van der Waals surface area contributed by atoms with E-state index in [0.717, 1.165) is 19.1 Å². The number of methoxy groups -OCH3 is 1. The van der Waals surface area contributed by atoms with Crippen LogP contribution in [0.5, 0.6) is 5.75 Å². The molecule has 2 N–H and O–H groups in total. The van der Waals surface area contributed by atoms with Crippen molar-refractivity contribution in [1.29, 1.82) is 0 Å². The Labute approximate surface area is 180 Å². The quantitative estimate of drug-likeness (QED) is 0.699. The molecular weight excluding hydrogens is 430 g/mol. The molecule has 2 aromatic carbocycles. The summed E-state index contributed by atoms with van der Waals surface area (Å²) in [4.78, 5) is 26.7. The van der Waals surface area contributed by atoms with Crippen molar-refractivity contribution in [1.82, 2.24) is 0 Å². The highest BCUT2D eigenvalue weighted by atomic mass is 35.5. The summed E-state index contributed by atoms with van der Waals surface area (Å²) < 4.78 is 30.6. The second kappa shape index (κ2) is 8.93. The average molecular weight is 452 g/mol. The zero-order valence-corrected chi connectivity index (χ0v) is 18.1. The summed E-state index contributed by atoms with van der Waals surface area (Å²) in [6.45, 7) is 0.588. The van der Waals surface area contributed by atoms with Gasteiger partial charge in [-0.2, -0.15) is 0 Å². The van der Waals surface area contributed by atoms with E-state index >= 15 is 0 Å². The number of nitrogens with one attached hydrogen (secondary N) is 2. The molecule has 8 nitrogen and oxygen atoms in total. The van der Waals surface area contributed by atoms with E-state index in [0.29, 0.717) is 30.1 Å². The first-order chi connectivity index (χ1) is 14.2. The molecule has 0 bridgehead atoms. The van der Waals surface area contributed by atoms with Crippen LogP contribution < -0.4 is 19.7 Å². The smallest absolute Gasteiger partial charge is 0.255 e. The van der Waals surface area contributed by atoms with Crippen LogP contribution in [0.15, 0.2) is 36.4 Å². The lowest BCUT2D eigenvalue weighted by atomic mass is 10.1. The number of anilines is 3. The fraction of sp³-hybridized carbons (Fsp3) is 0.300. The number of rotatable bonds is 6. The number of piperidine rings is 1. The van der Waals surface area contributed by atoms with Crippen molar-refractivity contribution in [2.45, 2.75) is 19.3 Å². The normalized spacial score (nSPS) is 14.4. The van der Waals surface area contributed by atoms with Crippen LogP contribution in [0.1, 0.15) is 29.6 Å². The number of hydrogen-bond acceptors (Lipinski definition) is 5. The number of benzene rings is 2. The van der Waals surface area contributed by atoms with Gasteiger partial charge >= 0.3 is 0 Å². The van der Waals surface area contributed by atoms with Crippen molar-refractivity contribution in [3.63, 3.8) is 0 Å². The Morgan fingerprint density at radius 1 is 1.17 bits per heavy atom. The van der Waals surface area contributed by atoms with Crippen molar-refractivity contribution in [2.75, 3.05) is 34.8 Å². The van der Waals surface area contributed by atoms with Gasteiger partial charge in [-0.1, -0.05) is 11.6 Å². The summed E-state index contributed by atoms with van der Waals surface area (Å²) in [5.41, 5.74) is 1.40. The number of amides is 2. The van der Waals surface area contributed by atoms with E-state index in [4.69, 9.17) is 16.3 Å². The lowest BCUT2D eigenvalue weighted by Crippen LogP contribution is -2.35. The van der Waals surface area contributed by atoms with E-state index < -0.39 is 15.9 Å². The summed E-state index contributed by atoms with van der Waals surface area (Å²) in [6, 6.07) is 9.33. The molecule has 0 atom stereocenters. The fourth-order valence-electron chi connectivity index (χ4n) is 3.19. The lowest BCUT2D eigenvalue weighted by molar-refractivity contribution is -0.119. The van der Waals surface area contributed by atoms with Gasteiger partial charge in [-0.25, -0.2) is 8.42 Å². The average Bonchev–Trinajstić information content (AvgIpc) is 2.69. The van der Waals surface area contributed by atoms with Gasteiger partial charge in [0.15, 0.2) is 0 Å². The predicted molar refractivity (Wildman–Crippen MR) is 117 cm³/mol. The summed E-state index contributed by atoms with van der Waals surface area (Å²) in [6.07, 6.45) is 3.22. The zero-order valence-electron chi connectivity index (χ0n) is 16.6. The summed E-state index contributed by atoms with van der Waals surface area (Å²) in [7, 11) is -2.03. The summed E-state index contributed by atoms with van der Waals surface area (Å²) in [5, 5.41) is 2.93. The second-order valence-electron chi connectivity index (χ2n) is 6.91. The molecule has 0 aromatic heterocycles. The van der Waals surface area contributed by atoms with Gasteiger partial charge in [0.25, 0.3) is 5.91 Å². The third kappa shape index (κ3) is 5.22. The number of carbonyl (C=O) groups is 2. The number of nitrogens with zero attached hydrogens (tertiary/aromatic N) is 1. The molecule has 1 heterocycles. The van der Waals surface area contributed by atoms with E-state index in [1.165, 1.54) is 25.3 Å². The van der Waals surface area contributed by atoms with Crippen molar-refractivity contribution in [3.05, 3.63) is 47.0 Å². The summed E-state index contributed by atoms with van der Waals surface area (Å²) >= 11 is 6.01. The maximum absolute atomic E-state index is 12.7. The Balaban J connectivity index is 1.86. The third-order valence-electron chi connectivity index (χ3n) is 4.57. The second-order valence-corrected chi connectivity index (χ2v) is 9.07. The number of carbonyl (C=O) groups excluding carboxylic acids is 2. The number of ether oxygens (including phenoxy) is 1. The molecule has 3 rings (SSSR count). The number of hydrogen-bond donors (Lipinski definition) is 2. The van der Waals surface area contributed by atoms with Gasteiger partial charge < -0.3 is 15.0 Å².